The van der Waals surface area contributed by atoms with Crippen molar-refractivity contribution in [2.45, 2.75) is 329 Å². The molecule has 0 spiro atoms. The molecule has 0 aromatic carbocycles. The molecule has 6 nitrogen and oxygen atoms in total. The Balaban J connectivity index is 4.40. The first kappa shape index (κ1) is 69.1. The van der Waals surface area contributed by atoms with Crippen molar-refractivity contribution in [2.75, 3.05) is 13.2 Å². The molecule has 0 rings (SSSR count). The van der Waals surface area contributed by atoms with Gasteiger partial charge in [0.25, 0.3) is 0 Å². The molecule has 0 aromatic heterocycles. The lowest BCUT2D eigenvalue weighted by Crippen LogP contribution is -2.30. The minimum atomic E-state index is -0.794. The number of unbranched alkanes of at least 4 members (excludes halogenated alkanes) is 36. The van der Waals surface area contributed by atoms with Crippen LogP contribution in [0.4, 0.5) is 0 Å². The van der Waals surface area contributed by atoms with E-state index in [0.29, 0.717) is 19.3 Å². The molecule has 0 amide bonds. The van der Waals surface area contributed by atoms with Gasteiger partial charge in [0.2, 0.25) is 0 Å². The Bertz CT molecular complexity index is 1290. The number of esters is 3. The topological polar surface area (TPSA) is 78.9 Å². The van der Waals surface area contributed by atoms with Crippen LogP contribution in [0.1, 0.15) is 323 Å². The molecule has 0 saturated carbocycles. The Hall–Kier alpha value is -2.89. The summed E-state index contributed by atoms with van der Waals surface area (Å²) in [6.45, 7) is 6.53. The third-order valence-corrected chi connectivity index (χ3v) is 13.8. The standard InChI is InChI=1S/C66H118O6/c1-4-7-10-13-16-19-22-25-28-31-33-36-38-41-44-47-50-53-56-59-65(68)71-62-63(61-70-64(67)58-55-52-49-46-43-40-37-34-30-27-24-21-18-15-12-9-6-3)72-66(69)60-57-54-51-48-45-42-39-35-32-29-26-23-20-17-14-11-8-5-2/h9,12,18,21,27,30,37,40,46,49,63H,4-8,10-11,13-17,19-20,22-26,28-29,31-36,38-39,41-45,47-48,50-62H2,1-3H3/b12-9+,21-18+,30-27+,40-37+,49-46+/t63-/m1/s1. The molecule has 6 heteroatoms. The number of hydrogen-bond donors (Lipinski definition) is 0. The number of carbonyl (C=O) groups excluding carboxylic acids is 3. The molecule has 0 aliphatic heterocycles. The minimum Gasteiger partial charge on any atom is -0.462 e. The van der Waals surface area contributed by atoms with E-state index in [0.717, 1.165) is 77.0 Å². The van der Waals surface area contributed by atoms with Gasteiger partial charge in [-0.1, -0.05) is 306 Å². The van der Waals surface area contributed by atoms with Crippen molar-refractivity contribution in [3.8, 4) is 0 Å². The number of carbonyl (C=O) groups is 3. The van der Waals surface area contributed by atoms with Crippen LogP contribution in [0.3, 0.4) is 0 Å². The number of hydrogen-bond acceptors (Lipinski definition) is 6. The van der Waals surface area contributed by atoms with Gasteiger partial charge >= 0.3 is 17.9 Å². The van der Waals surface area contributed by atoms with Crippen molar-refractivity contribution < 1.29 is 28.6 Å². The lowest BCUT2D eigenvalue weighted by molar-refractivity contribution is -0.167. The van der Waals surface area contributed by atoms with Crippen LogP contribution in [0, 0.1) is 0 Å². The highest BCUT2D eigenvalue weighted by Gasteiger charge is 2.19. The number of allylic oxidation sites excluding steroid dienone is 10. The van der Waals surface area contributed by atoms with E-state index in [9.17, 15) is 14.4 Å². The predicted octanol–water partition coefficient (Wildman–Crippen LogP) is 21.2. The normalized spacial score (nSPS) is 12.4. The van der Waals surface area contributed by atoms with Crippen LogP contribution in [-0.2, 0) is 28.6 Å². The molecule has 0 radical (unpaired) electrons. The van der Waals surface area contributed by atoms with Crippen LogP contribution >= 0.6 is 0 Å². The fourth-order valence-corrected chi connectivity index (χ4v) is 9.13. The molecular weight excluding hydrogens is 889 g/mol. The molecule has 0 unspecified atom stereocenters. The molecule has 0 heterocycles. The summed E-state index contributed by atoms with van der Waals surface area (Å²) in [5.74, 6) is -0.928. The summed E-state index contributed by atoms with van der Waals surface area (Å²) < 4.78 is 16.9. The Labute approximate surface area is 447 Å². The third kappa shape index (κ3) is 58.0. The fourth-order valence-electron chi connectivity index (χ4n) is 9.13. The van der Waals surface area contributed by atoms with E-state index in [1.54, 1.807) is 0 Å². The summed E-state index contributed by atoms with van der Waals surface area (Å²) in [7, 11) is 0. The Morgan fingerprint density at radius 3 is 0.847 bits per heavy atom. The summed E-state index contributed by atoms with van der Waals surface area (Å²) >= 11 is 0. The Morgan fingerprint density at radius 2 is 0.542 bits per heavy atom. The maximum absolute atomic E-state index is 12.9. The Kier molecular flexibility index (Phi) is 58.2. The van der Waals surface area contributed by atoms with Crippen LogP contribution in [-0.4, -0.2) is 37.2 Å². The lowest BCUT2D eigenvalue weighted by Gasteiger charge is -2.18. The Morgan fingerprint density at radius 1 is 0.292 bits per heavy atom. The minimum absolute atomic E-state index is 0.0872. The largest absolute Gasteiger partial charge is 0.462 e. The van der Waals surface area contributed by atoms with E-state index < -0.39 is 6.10 Å². The first-order valence-corrected chi connectivity index (χ1v) is 31.3. The van der Waals surface area contributed by atoms with E-state index in [-0.39, 0.29) is 37.5 Å². The zero-order valence-corrected chi connectivity index (χ0v) is 47.9. The van der Waals surface area contributed by atoms with Crippen molar-refractivity contribution in [2.24, 2.45) is 0 Å². The highest BCUT2D eigenvalue weighted by Crippen LogP contribution is 2.17. The summed E-state index contributed by atoms with van der Waals surface area (Å²) in [5, 5.41) is 0. The second kappa shape index (κ2) is 60.7. The molecule has 0 fully saturated rings. The van der Waals surface area contributed by atoms with Gasteiger partial charge in [-0.05, 0) is 57.8 Å². The molecule has 0 N–H and O–H groups in total. The molecule has 0 saturated heterocycles. The zero-order chi connectivity index (χ0) is 52.2. The van der Waals surface area contributed by atoms with Gasteiger partial charge in [0, 0.05) is 19.3 Å². The van der Waals surface area contributed by atoms with Crippen molar-refractivity contribution >= 4 is 17.9 Å². The van der Waals surface area contributed by atoms with Crippen molar-refractivity contribution in [3.63, 3.8) is 0 Å². The van der Waals surface area contributed by atoms with Gasteiger partial charge in [0.15, 0.2) is 6.10 Å². The van der Waals surface area contributed by atoms with E-state index in [2.05, 4.69) is 81.5 Å². The molecule has 418 valence electrons. The quantitative estimate of drug-likeness (QED) is 0.0261. The van der Waals surface area contributed by atoms with Crippen LogP contribution in [0.2, 0.25) is 0 Å². The highest BCUT2D eigenvalue weighted by molar-refractivity contribution is 5.71. The van der Waals surface area contributed by atoms with Crippen LogP contribution in [0.5, 0.6) is 0 Å². The number of ether oxygens (including phenoxy) is 3. The lowest BCUT2D eigenvalue weighted by atomic mass is 10.0. The van der Waals surface area contributed by atoms with Gasteiger partial charge in [0.1, 0.15) is 13.2 Å². The maximum atomic E-state index is 12.9. The van der Waals surface area contributed by atoms with Crippen LogP contribution in [0.15, 0.2) is 60.8 Å². The average Bonchev–Trinajstić information content (AvgIpc) is 3.38. The van der Waals surface area contributed by atoms with Gasteiger partial charge < -0.3 is 14.2 Å². The monoisotopic (exact) mass is 1010 g/mol. The second-order valence-corrected chi connectivity index (χ2v) is 21.0. The van der Waals surface area contributed by atoms with Crippen molar-refractivity contribution in [1.29, 1.82) is 0 Å². The van der Waals surface area contributed by atoms with E-state index in [1.165, 1.54) is 199 Å². The molecule has 0 aliphatic carbocycles. The van der Waals surface area contributed by atoms with Crippen LogP contribution < -0.4 is 0 Å². The fraction of sp³-hybridized carbons (Fsp3) is 0.803. The SMILES string of the molecule is CC/C=C/C/C=C/C/C=C/C/C=C/C/C=C/CCCC(=O)OC[C@H](COC(=O)CCCCCCCCCCCCCCCCCCCCC)OC(=O)CCCCCCCCCCCCCCCCCCCC. The third-order valence-electron chi connectivity index (χ3n) is 13.8. The van der Waals surface area contributed by atoms with Gasteiger partial charge in [-0.15, -0.1) is 0 Å². The summed E-state index contributed by atoms with van der Waals surface area (Å²) in [6, 6.07) is 0. The smallest absolute Gasteiger partial charge is 0.306 e. The molecule has 0 bridgehead atoms. The average molecular weight is 1010 g/mol. The molecule has 0 aromatic rings. The van der Waals surface area contributed by atoms with Crippen molar-refractivity contribution in [3.05, 3.63) is 60.8 Å². The molecule has 0 aliphatic rings. The van der Waals surface area contributed by atoms with E-state index >= 15 is 0 Å². The molecule has 1 atom stereocenters. The highest BCUT2D eigenvalue weighted by atomic mass is 16.6. The summed E-state index contributed by atoms with van der Waals surface area (Å²) in [6.07, 6.45) is 76.6. The van der Waals surface area contributed by atoms with Gasteiger partial charge in [-0.2, -0.15) is 0 Å². The van der Waals surface area contributed by atoms with Crippen molar-refractivity contribution in [1.82, 2.24) is 0 Å². The molecular formula is C66H118O6. The summed E-state index contributed by atoms with van der Waals surface area (Å²) in [4.78, 5) is 38.3. The van der Waals surface area contributed by atoms with E-state index in [1.807, 2.05) is 0 Å². The first-order valence-electron chi connectivity index (χ1n) is 31.3. The first-order chi connectivity index (χ1) is 35.5. The maximum Gasteiger partial charge on any atom is 0.306 e. The van der Waals surface area contributed by atoms with E-state index in [4.69, 9.17) is 14.2 Å². The molecule has 72 heavy (non-hydrogen) atoms. The zero-order valence-electron chi connectivity index (χ0n) is 47.9. The predicted molar refractivity (Wildman–Crippen MR) is 312 cm³/mol. The second-order valence-electron chi connectivity index (χ2n) is 21.0. The summed E-state index contributed by atoms with van der Waals surface area (Å²) in [5.41, 5.74) is 0. The van der Waals surface area contributed by atoms with Gasteiger partial charge in [-0.3, -0.25) is 14.4 Å². The number of rotatable bonds is 57. The van der Waals surface area contributed by atoms with Crippen LogP contribution in [0.25, 0.3) is 0 Å². The van der Waals surface area contributed by atoms with Gasteiger partial charge in [-0.25, -0.2) is 0 Å². The van der Waals surface area contributed by atoms with Gasteiger partial charge in [0.05, 0.1) is 0 Å².